The van der Waals surface area contributed by atoms with Crippen LogP contribution >= 0.6 is 0 Å². The van der Waals surface area contributed by atoms with Crippen molar-refractivity contribution in [3.63, 3.8) is 0 Å². The lowest BCUT2D eigenvalue weighted by molar-refractivity contribution is -0.136. The second-order valence-corrected chi connectivity index (χ2v) is 10.7. The fraction of sp³-hybridized carbons (Fsp3) is 0.696. The van der Waals surface area contributed by atoms with Crippen molar-refractivity contribution in [1.82, 2.24) is 9.21 Å². The van der Waals surface area contributed by atoms with Gasteiger partial charge < -0.3 is 14.4 Å². The molecule has 1 aromatic rings. The lowest BCUT2D eigenvalue weighted by Gasteiger charge is -2.34. The third kappa shape index (κ3) is 5.66. The molecule has 0 aromatic heterocycles. The van der Waals surface area contributed by atoms with Crippen LogP contribution in [0.3, 0.4) is 0 Å². The highest BCUT2D eigenvalue weighted by molar-refractivity contribution is 7.89. The molecule has 3 saturated heterocycles. The van der Waals surface area contributed by atoms with Gasteiger partial charge in [-0.1, -0.05) is 25.0 Å². The molecule has 0 aliphatic carbocycles. The first-order valence-electron chi connectivity index (χ1n) is 11.6. The monoisotopic (exact) mass is 450 g/mol. The third-order valence-electron chi connectivity index (χ3n) is 6.68. The van der Waals surface area contributed by atoms with Crippen LogP contribution in [0.4, 0.5) is 0 Å². The van der Waals surface area contributed by atoms with Crippen LogP contribution in [0.1, 0.15) is 50.5 Å². The Hall–Kier alpha value is -1.48. The first-order valence-corrected chi connectivity index (χ1v) is 13.1. The summed E-state index contributed by atoms with van der Waals surface area (Å²) < 4.78 is 38.6. The van der Waals surface area contributed by atoms with Crippen LogP contribution in [0.2, 0.25) is 0 Å². The van der Waals surface area contributed by atoms with Gasteiger partial charge in [-0.25, -0.2) is 8.42 Å². The third-order valence-corrected chi connectivity index (χ3v) is 8.59. The molecule has 0 radical (unpaired) electrons. The van der Waals surface area contributed by atoms with Gasteiger partial charge in [-0.2, -0.15) is 4.31 Å². The van der Waals surface area contributed by atoms with E-state index in [9.17, 15) is 13.2 Å². The lowest BCUT2D eigenvalue weighted by Crippen LogP contribution is -2.41. The van der Waals surface area contributed by atoms with E-state index in [1.165, 1.54) is 0 Å². The molecule has 4 rings (SSSR count). The Morgan fingerprint density at radius 1 is 0.903 bits per heavy atom. The van der Waals surface area contributed by atoms with E-state index in [-0.39, 0.29) is 12.2 Å². The van der Waals surface area contributed by atoms with E-state index < -0.39 is 10.0 Å². The van der Waals surface area contributed by atoms with Crippen LogP contribution in [0.5, 0.6) is 0 Å². The van der Waals surface area contributed by atoms with Gasteiger partial charge in [-0.3, -0.25) is 4.79 Å². The van der Waals surface area contributed by atoms with Crippen molar-refractivity contribution in [3.05, 3.63) is 29.8 Å². The zero-order chi connectivity index (χ0) is 21.7. The molecule has 172 valence electrons. The zero-order valence-electron chi connectivity index (χ0n) is 18.2. The maximum absolute atomic E-state index is 12.9. The number of likely N-dealkylation sites (tertiary alicyclic amines) is 1. The average Bonchev–Trinajstić information content (AvgIpc) is 3.19. The Balaban J connectivity index is 1.26. The number of benzene rings is 1. The van der Waals surface area contributed by atoms with Gasteiger partial charge in [0.15, 0.2) is 6.29 Å². The minimum absolute atomic E-state index is 0.0960. The van der Waals surface area contributed by atoms with Crippen LogP contribution in [0, 0.1) is 5.92 Å². The number of amides is 1. The lowest BCUT2D eigenvalue weighted by atomic mass is 9.95. The Kier molecular flexibility index (Phi) is 7.63. The highest BCUT2D eigenvalue weighted by Crippen LogP contribution is 2.26. The largest absolute Gasteiger partial charge is 0.350 e. The number of hydrogen-bond acceptors (Lipinski definition) is 5. The number of carbonyl (C=O) groups is 1. The van der Waals surface area contributed by atoms with Crippen LogP contribution in [0.25, 0.3) is 0 Å². The number of ether oxygens (including phenoxy) is 2. The molecule has 0 bridgehead atoms. The molecule has 0 saturated carbocycles. The highest BCUT2D eigenvalue weighted by Gasteiger charge is 2.31. The Morgan fingerprint density at radius 3 is 2.13 bits per heavy atom. The number of sulfonamides is 1. The summed E-state index contributed by atoms with van der Waals surface area (Å²) in [5, 5.41) is 0. The topological polar surface area (TPSA) is 76.2 Å². The molecule has 1 amide bonds. The van der Waals surface area contributed by atoms with Gasteiger partial charge in [0.1, 0.15) is 0 Å². The van der Waals surface area contributed by atoms with Gasteiger partial charge in [-0.15, -0.1) is 0 Å². The molecule has 3 aliphatic heterocycles. The molecule has 7 nitrogen and oxygen atoms in total. The van der Waals surface area contributed by atoms with E-state index >= 15 is 0 Å². The summed E-state index contributed by atoms with van der Waals surface area (Å²) in [6, 6.07) is 7.07. The quantitative estimate of drug-likeness (QED) is 0.666. The second-order valence-electron chi connectivity index (χ2n) is 8.79. The van der Waals surface area contributed by atoms with Crippen LogP contribution in [0.15, 0.2) is 29.2 Å². The minimum Gasteiger partial charge on any atom is -0.350 e. The number of carbonyl (C=O) groups excluding carboxylic acids is 1. The molecule has 0 spiro atoms. The normalized spacial score (nSPS) is 22.5. The molecule has 3 aliphatic rings. The van der Waals surface area contributed by atoms with Crippen molar-refractivity contribution in [2.75, 3.05) is 39.4 Å². The summed E-state index contributed by atoms with van der Waals surface area (Å²) in [6.07, 6.45) is 6.85. The maximum atomic E-state index is 12.9. The molecule has 1 aromatic carbocycles. The Labute approximate surface area is 185 Å². The van der Waals surface area contributed by atoms with Gasteiger partial charge in [0.05, 0.1) is 18.1 Å². The predicted octanol–water partition coefficient (Wildman–Crippen LogP) is 2.80. The molecule has 0 atom stereocenters. The molecule has 31 heavy (non-hydrogen) atoms. The first-order chi connectivity index (χ1) is 15.0. The molecular weight excluding hydrogens is 416 g/mol. The van der Waals surface area contributed by atoms with Gasteiger partial charge in [0.2, 0.25) is 15.9 Å². The summed E-state index contributed by atoms with van der Waals surface area (Å²) in [5.41, 5.74) is 0.991. The van der Waals surface area contributed by atoms with Gasteiger partial charge in [0.25, 0.3) is 0 Å². The van der Waals surface area contributed by atoms with Crippen LogP contribution < -0.4 is 0 Å². The van der Waals surface area contributed by atoms with Crippen molar-refractivity contribution in [2.45, 2.75) is 62.6 Å². The van der Waals surface area contributed by atoms with Crippen molar-refractivity contribution < 1.29 is 22.7 Å². The van der Waals surface area contributed by atoms with Crippen LogP contribution in [-0.4, -0.2) is 69.2 Å². The van der Waals surface area contributed by atoms with E-state index in [1.54, 1.807) is 16.4 Å². The van der Waals surface area contributed by atoms with E-state index in [0.29, 0.717) is 50.0 Å². The molecule has 0 unspecified atom stereocenters. The summed E-state index contributed by atoms with van der Waals surface area (Å²) in [4.78, 5) is 14.9. The van der Waals surface area contributed by atoms with Crippen molar-refractivity contribution in [3.8, 4) is 0 Å². The number of rotatable bonds is 6. The summed E-state index contributed by atoms with van der Waals surface area (Å²) in [5.74, 6) is 0.540. The SMILES string of the molecule is O=C(CCc1ccc(S(=O)(=O)N2CCCCCC2)cc1)N1CCC(C2OCCO2)CC1. The van der Waals surface area contributed by atoms with Gasteiger partial charge >= 0.3 is 0 Å². The van der Waals surface area contributed by atoms with Gasteiger partial charge in [-0.05, 0) is 49.8 Å². The van der Waals surface area contributed by atoms with Crippen molar-refractivity contribution >= 4 is 15.9 Å². The highest BCUT2D eigenvalue weighted by atomic mass is 32.2. The first kappa shape index (κ1) is 22.7. The minimum atomic E-state index is -3.43. The van der Waals surface area contributed by atoms with Gasteiger partial charge in [0, 0.05) is 38.5 Å². The van der Waals surface area contributed by atoms with Crippen LogP contribution in [-0.2, 0) is 30.7 Å². The zero-order valence-corrected chi connectivity index (χ0v) is 19.0. The Morgan fingerprint density at radius 2 is 1.52 bits per heavy atom. The summed E-state index contributed by atoms with van der Waals surface area (Å²) in [6.45, 7) is 4.05. The summed E-state index contributed by atoms with van der Waals surface area (Å²) in [7, 11) is -3.43. The fourth-order valence-corrected chi connectivity index (χ4v) is 6.26. The fourth-order valence-electron chi connectivity index (χ4n) is 4.74. The van der Waals surface area contributed by atoms with E-state index in [2.05, 4.69) is 0 Å². The second kappa shape index (κ2) is 10.4. The van der Waals surface area contributed by atoms with E-state index in [4.69, 9.17) is 9.47 Å². The number of hydrogen-bond donors (Lipinski definition) is 0. The molecule has 3 heterocycles. The van der Waals surface area contributed by atoms with Crippen molar-refractivity contribution in [1.29, 1.82) is 0 Å². The Bertz CT molecular complexity index is 820. The number of aryl methyl sites for hydroxylation is 1. The van der Waals surface area contributed by atoms with Crippen molar-refractivity contribution in [2.24, 2.45) is 5.92 Å². The molecule has 8 heteroatoms. The number of nitrogens with zero attached hydrogens (tertiary/aromatic N) is 2. The molecular formula is C23H34N2O5S. The number of piperidine rings is 1. The van der Waals surface area contributed by atoms with E-state index in [1.807, 2.05) is 17.0 Å². The summed E-state index contributed by atoms with van der Waals surface area (Å²) >= 11 is 0. The maximum Gasteiger partial charge on any atom is 0.243 e. The molecule has 0 N–H and O–H groups in total. The predicted molar refractivity (Wildman–Crippen MR) is 117 cm³/mol. The standard InChI is InChI=1S/C23H34N2O5S/c26-22(24-15-11-20(12-16-24)23-29-17-18-30-23)10-7-19-5-8-21(9-6-19)31(27,28)25-13-3-1-2-4-14-25/h5-6,8-9,20,23H,1-4,7,10-18H2. The molecule has 3 fully saturated rings. The average molecular weight is 451 g/mol. The van der Waals surface area contributed by atoms with E-state index in [0.717, 1.165) is 57.2 Å². The smallest absolute Gasteiger partial charge is 0.243 e.